The normalized spacial score (nSPS) is 10.5. The van der Waals surface area contributed by atoms with E-state index in [-0.39, 0.29) is 0 Å². The summed E-state index contributed by atoms with van der Waals surface area (Å²) in [5.41, 5.74) is 2.93. The van der Waals surface area contributed by atoms with Crippen molar-refractivity contribution in [1.29, 1.82) is 0 Å². The van der Waals surface area contributed by atoms with Gasteiger partial charge in [0.2, 0.25) is 0 Å². The molecule has 0 aliphatic rings. The lowest BCUT2D eigenvalue weighted by atomic mass is 10.3. The zero-order valence-corrected chi connectivity index (χ0v) is 6.69. The summed E-state index contributed by atoms with van der Waals surface area (Å²) in [6.45, 7) is 5.59. The Labute approximate surface area is 64.7 Å². The van der Waals surface area contributed by atoms with Gasteiger partial charge in [-0.15, -0.1) is 11.3 Å². The lowest BCUT2D eigenvalue weighted by Crippen LogP contribution is -1.70. The fourth-order valence-electron chi connectivity index (χ4n) is 0.626. The molecule has 0 aliphatic carbocycles. The molecule has 0 atom stereocenters. The maximum absolute atomic E-state index is 4.10. The predicted molar refractivity (Wildman–Crippen MR) is 46.1 cm³/mol. The Morgan fingerprint density at radius 2 is 2.50 bits per heavy atom. The Bertz CT molecular complexity index is 248. The molecule has 0 bridgehead atoms. The van der Waals surface area contributed by atoms with Crippen LogP contribution in [-0.2, 0) is 0 Å². The minimum absolute atomic E-state index is 1.09. The Kier molecular flexibility index (Phi) is 2.40. The van der Waals surface area contributed by atoms with Crippen LogP contribution >= 0.6 is 11.3 Å². The second kappa shape index (κ2) is 3.32. The van der Waals surface area contributed by atoms with Gasteiger partial charge in [-0.3, -0.25) is 0 Å². The molecule has 1 aromatic rings. The molecule has 0 aromatic carbocycles. The van der Waals surface area contributed by atoms with Crippen LogP contribution in [-0.4, -0.2) is 4.98 Å². The van der Waals surface area contributed by atoms with Crippen molar-refractivity contribution < 1.29 is 0 Å². The maximum atomic E-state index is 4.10. The summed E-state index contributed by atoms with van der Waals surface area (Å²) >= 11 is 1.64. The van der Waals surface area contributed by atoms with Crippen LogP contribution in [0, 0.1) is 6.92 Å². The van der Waals surface area contributed by atoms with E-state index in [9.17, 15) is 0 Å². The number of aryl methyl sites for hydroxylation is 1. The highest BCUT2D eigenvalue weighted by molar-refractivity contribution is 7.10. The Hall–Kier alpha value is -0.890. The molecule has 1 nitrogen and oxygen atoms in total. The van der Waals surface area contributed by atoms with Gasteiger partial charge in [0.15, 0.2) is 0 Å². The third-order valence-corrected chi connectivity index (χ3v) is 2.06. The third kappa shape index (κ3) is 1.54. The van der Waals surface area contributed by atoms with Gasteiger partial charge in [0, 0.05) is 4.88 Å². The zero-order chi connectivity index (χ0) is 7.40. The van der Waals surface area contributed by atoms with Gasteiger partial charge in [-0.05, 0) is 13.0 Å². The van der Waals surface area contributed by atoms with E-state index in [2.05, 4.69) is 11.6 Å². The van der Waals surface area contributed by atoms with Crippen LogP contribution in [0.25, 0.3) is 6.08 Å². The minimum atomic E-state index is 1.09. The predicted octanol–water partition coefficient (Wildman–Crippen LogP) is 2.65. The Morgan fingerprint density at radius 1 is 1.70 bits per heavy atom. The van der Waals surface area contributed by atoms with E-state index in [4.69, 9.17) is 0 Å². The molecule has 1 aromatic heterocycles. The number of thiazole rings is 1. The second-order valence-electron chi connectivity index (χ2n) is 1.90. The van der Waals surface area contributed by atoms with Crippen LogP contribution in [0.3, 0.4) is 0 Å². The van der Waals surface area contributed by atoms with E-state index >= 15 is 0 Å². The molecule has 0 amide bonds. The largest absolute Gasteiger partial charge is 0.249 e. The van der Waals surface area contributed by atoms with E-state index in [0.717, 1.165) is 5.69 Å². The molecule has 2 heteroatoms. The van der Waals surface area contributed by atoms with Gasteiger partial charge < -0.3 is 0 Å². The number of aromatic nitrogens is 1. The number of allylic oxidation sites excluding steroid dienone is 2. The summed E-state index contributed by atoms with van der Waals surface area (Å²) in [4.78, 5) is 5.31. The van der Waals surface area contributed by atoms with Gasteiger partial charge in [0.05, 0.1) is 11.2 Å². The first-order valence-corrected chi connectivity index (χ1v) is 3.91. The Balaban J connectivity index is 2.83. The lowest BCUT2D eigenvalue weighted by molar-refractivity contribution is 1.26. The summed E-state index contributed by atoms with van der Waals surface area (Å²) < 4.78 is 0. The molecule has 0 spiro atoms. The van der Waals surface area contributed by atoms with Gasteiger partial charge in [0.1, 0.15) is 0 Å². The molecule has 0 saturated carbocycles. The molecular formula is C8H9NS. The van der Waals surface area contributed by atoms with E-state index in [1.165, 1.54) is 4.88 Å². The van der Waals surface area contributed by atoms with Crippen molar-refractivity contribution in [2.75, 3.05) is 0 Å². The number of hydrogen-bond acceptors (Lipinski definition) is 2. The van der Waals surface area contributed by atoms with Crippen LogP contribution in [0.1, 0.15) is 10.6 Å². The molecule has 52 valence electrons. The average molecular weight is 151 g/mol. The molecular weight excluding hydrogens is 142 g/mol. The zero-order valence-electron chi connectivity index (χ0n) is 5.87. The first kappa shape index (κ1) is 7.22. The standard InChI is InChI=1S/C8H9NS/c1-3-4-5-8-7(2)9-6-10-8/h3-6H,1H2,2H3/b5-4+. The van der Waals surface area contributed by atoms with Crippen LogP contribution in [0.15, 0.2) is 24.2 Å². The minimum Gasteiger partial charge on any atom is -0.249 e. The summed E-state index contributed by atoms with van der Waals surface area (Å²) in [5.74, 6) is 0. The molecule has 1 rings (SSSR count). The van der Waals surface area contributed by atoms with Gasteiger partial charge in [-0.1, -0.05) is 18.7 Å². The SMILES string of the molecule is C=C/C=C/c1scnc1C. The summed E-state index contributed by atoms with van der Waals surface area (Å²) in [7, 11) is 0. The van der Waals surface area contributed by atoms with Crippen molar-refractivity contribution in [3.05, 3.63) is 34.8 Å². The Morgan fingerprint density at radius 3 is 3.00 bits per heavy atom. The summed E-state index contributed by atoms with van der Waals surface area (Å²) in [5, 5.41) is 0. The van der Waals surface area contributed by atoms with Crippen molar-refractivity contribution in [3.8, 4) is 0 Å². The molecule has 0 fully saturated rings. The first-order valence-electron chi connectivity index (χ1n) is 3.04. The highest BCUT2D eigenvalue weighted by Gasteiger charge is 1.93. The van der Waals surface area contributed by atoms with Crippen LogP contribution in [0.4, 0.5) is 0 Å². The number of hydrogen-bond donors (Lipinski definition) is 0. The molecule has 1 heterocycles. The van der Waals surface area contributed by atoms with Gasteiger partial charge >= 0.3 is 0 Å². The fourth-order valence-corrected chi connectivity index (χ4v) is 1.33. The van der Waals surface area contributed by atoms with Gasteiger partial charge in [0.25, 0.3) is 0 Å². The van der Waals surface area contributed by atoms with E-state index in [1.54, 1.807) is 17.4 Å². The highest BCUT2D eigenvalue weighted by atomic mass is 32.1. The van der Waals surface area contributed by atoms with Gasteiger partial charge in [-0.2, -0.15) is 0 Å². The summed E-state index contributed by atoms with van der Waals surface area (Å²) in [6, 6.07) is 0. The van der Waals surface area contributed by atoms with Crippen LogP contribution in [0.5, 0.6) is 0 Å². The van der Waals surface area contributed by atoms with E-state index in [0.29, 0.717) is 0 Å². The van der Waals surface area contributed by atoms with Crippen molar-refractivity contribution in [2.24, 2.45) is 0 Å². The molecule has 0 N–H and O–H groups in total. The smallest absolute Gasteiger partial charge is 0.0801 e. The number of nitrogens with zero attached hydrogens (tertiary/aromatic N) is 1. The molecule has 0 aliphatic heterocycles. The average Bonchev–Trinajstić information content (AvgIpc) is 2.31. The second-order valence-corrected chi connectivity index (χ2v) is 2.78. The van der Waals surface area contributed by atoms with E-state index < -0.39 is 0 Å². The van der Waals surface area contributed by atoms with Crippen molar-refractivity contribution >= 4 is 17.4 Å². The monoisotopic (exact) mass is 151 g/mol. The van der Waals surface area contributed by atoms with Crippen molar-refractivity contribution in [1.82, 2.24) is 4.98 Å². The van der Waals surface area contributed by atoms with Crippen molar-refractivity contribution in [3.63, 3.8) is 0 Å². The fraction of sp³-hybridized carbons (Fsp3) is 0.125. The lowest BCUT2D eigenvalue weighted by Gasteiger charge is -1.83. The van der Waals surface area contributed by atoms with Crippen molar-refractivity contribution in [2.45, 2.75) is 6.92 Å². The number of rotatable bonds is 2. The first-order chi connectivity index (χ1) is 4.84. The topological polar surface area (TPSA) is 12.9 Å². The van der Waals surface area contributed by atoms with Gasteiger partial charge in [-0.25, -0.2) is 4.98 Å². The third-order valence-electron chi connectivity index (χ3n) is 1.17. The van der Waals surface area contributed by atoms with Crippen LogP contribution < -0.4 is 0 Å². The molecule has 10 heavy (non-hydrogen) atoms. The molecule has 0 saturated heterocycles. The quantitative estimate of drug-likeness (QED) is 0.592. The summed E-state index contributed by atoms with van der Waals surface area (Å²) in [6.07, 6.45) is 5.69. The molecule has 0 unspecified atom stereocenters. The maximum Gasteiger partial charge on any atom is 0.0801 e. The van der Waals surface area contributed by atoms with Crippen LogP contribution in [0.2, 0.25) is 0 Å². The molecule has 0 radical (unpaired) electrons. The van der Waals surface area contributed by atoms with E-state index in [1.807, 2.05) is 24.6 Å². The highest BCUT2D eigenvalue weighted by Crippen LogP contribution is 2.13.